The molecule has 0 bridgehead atoms. The third-order valence-corrected chi connectivity index (χ3v) is 4.71. The van der Waals surface area contributed by atoms with Gasteiger partial charge in [-0.25, -0.2) is 4.98 Å². The minimum Gasteiger partial charge on any atom is -0.368 e. The molecule has 2 aromatic heterocycles. The van der Waals surface area contributed by atoms with E-state index in [1.165, 1.54) is 0 Å². The molecule has 0 spiro atoms. The van der Waals surface area contributed by atoms with Crippen LogP contribution in [0.3, 0.4) is 0 Å². The van der Waals surface area contributed by atoms with Gasteiger partial charge in [-0.1, -0.05) is 0 Å². The molecular formula is C18H29N7. The highest BCUT2D eigenvalue weighted by molar-refractivity contribution is 5.90. The molecule has 7 nitrogen and oxygen atoms in total. The average Bonchev–Trinajstić information content (AvgIpc) is 2.56. The summed E-state index contributed by atoms with van der Waals surface area (Å²) in [4.78, 5) is 16.5. The van der Waals surface area contributed by atoms with Gasteiger partial charge in [-0.2, -0.15) is 9.97 Å². The van der Waals surface area contributed by atoms with Crippen LogP contribution >= 0.6 is 0 Å². The number of fused-ring (bicyclic) bond motifs is 1. The van der Waals surface area contributed by atoms with Crippen LogP contribution in [0.25, 0.3) is 11.0 Å². The lowest BCUT2D eigenvalue weighted by atomic mass is 10.1. The Balaban J connectivity index is 1.90. The van der Waals surface area contributed by atoms with Gasteiger partial charge >= 0.3 is 0 Å². The summed E-state index contributed by atoms with van der Waals surface area (Å²) in [6.45, 7) is 8.00. The monoisotopic (exact) mass is 343 g/mol. The summed E-state index contributed by atoms with van der Waals surface area (Å²) in [5, 5.41) is 11.1. The highest BCUT2D eigenvalue weighted by Gasteiger charge is 2.19. The molecule has 0 atom stereocenters. The first-order valence-electron chi connectivity index (χ1n) is 9.06. The van der Waals surface area contributed by atoms with Crippen LogP contribution in [0.15, 0.2) is 6.07 Å². The number of pyridine rings is 1. The number of likely N-dealkylation sites (N-methyl/N-ethyl adjacent to an activating group) is 1. The van der Waals surface area contributed by atoms with E-state index in [1.807, 2.05) is 14.0 Å². The number of piperidine rings is 1. The maximum absolute atomic E-state index is 4.76. The van der Waals surface area contributed by atoms with E-state index in [1.54, 1.807) is 0 Å². The Labute approximate surface area is 149 Å². The first-order valence-corrected chi connectivity index (χ1v) is 9.06. The van der Waals surface area contributed by atoms with Gasteiger partial charge in [0.05, 0.1) is 5.39 Å². The fourth-order valence-corrected chi connectivity index (χ4v) is 3.31. The van der Waals surface area contributed by atoms with E-state index in [0.717, 1.165) is 67.1 Å². The number of anilines is 2. The van der Waals surface area contributed by atoms with Gasteiger partial charge in [0.25, 0.3) is 0 Å². The normalized spacial score (nSPS) is 16.3. The third kappa shape index (κ3) is 4.35. The van der Waals surface area contributed by atoms with Crippen LogP contribution in [0.1, 0.15) is 24.1 Å². The minimum absolute atomic E-state index is 0.421. The largest absolute Gasteiger partial charge is 0.368 e. The van der Waals surface area contributed by atoms with Crippen molar-refractivity contribution in [2.45, 2.75) is 32.7 Å². The second kappa shape index (κ2) is 7.93. The van der Waals surface area contributed by atoms with Crippen molar-refractivity contribution in [3.63, 3.8) is 0 Å². The molecule has 3 N–H and O–H groups in total. The summed E-state index contributed by atoms with van der Waals surface area (Å²) < 4.78 is 0. The summed E-state index contributed by atoms with van der Waals surface area (Å²) in [6, 6.07) is 2.50. The van der Waals surface area contributed by atoms with E-state index >= 15 is 0 Å². The van der Waals surface area contributed by atoms with Gasteiger partial charge in [-0.15, -0.1) is 0 Å². The highest BCUT2D eigenvalue weighted by atomic mass is 15.2. The lowest BCUT2D eigenvalue weighted by Crippen LogP contribution is -2.37. The zero-order chi connectivity index (χ0) is 17.8. The molecule has 1 aliphatic heterocycles. The molecule has 0 aromatic carbocycles. The second-order valence-corrected chi connectivity index (χ2v) is 6.93. The Hall–Kier alpha value is -1.99. The summed E-state index contributed by atoms with van der Waals surface area (Å²) >= 11 is 0. The standard InChI is InChI=1S/C18H29N7/c1-12-11-13(2)21-17-15(12)16(20-8-7-19-3)23-18(24-17)22-14-5-9-25(4)10-6-14/h11,14,19H,5-10H2,1-4H3,(H2,20,21,22,23,24). The third-order valence-electron chi connectivity index (χ3n) is 4.71. The minimum atomic E-state index is 0.421. The zero-order valence-electron chi connectivity index (χ0n) is 15.7. The highest BCUT2D eigenvalue weighted by Crippen LogP contribution is 2.25. The van der Waals surface area contributed by atoms with Gasteiger partial charge in [0, 0.05) is 24.8 Å². The van der Waals surface area contributed by atoms with Crippen molar-refractivity contribution in [1.29, 1.82) is 0 Å². The summed E-state index contributed by atoms with van der Waals surface area (Å²) in [7, 11) is 4.12. The van der Waals surface area contributed by atoms with Gasteiger partial charge < -0.3 is 20.9 Å². The van der Waals surface area contributed by atoms with Crippen LogP contribution in [0.2, 0.25) is 0 Å². The Morgan fingerprint density at radius 3 is 2.60 bits per heavy atom. The molecule has 3 heterocycles. The smallest absolute Gasteiger partial charge is 0.226 e. The van der Waals surface area contributed by atoms with E-state index in [2.05, 4.69) is 45.9 Å². The van der Waals surface area contributed by atoms with E-state index < -0.39 is 0 Å². The van der Waals surface area contributed by atoms with Crippen LogP contribution in [0.5, 0.6) is 0 Å². The van der Waals surface area contributed by atoms with Crippen LogP contribution < -0.4 is 16.0 Å². The maximum Gasteiger partial charge on any atom is 0.226 e. The number of aryl methyl sites for hydroxylation is 2. The van der Waals surface area contributed by atoms with Crippen molar-refractivity contribution in [1.82, 2.24) is 25.2 Å². The Bertz CT molecular complexity index is 723. The van der Waals surface area contributed by atoms with Gasteiger partial charge in [0.15, 0.2) is 5.65 Å². The fourth-order valence-electron chi connectivity index (χ4n) is 3.31. The van der Waals surface area contributed by atoms with Crippen LogP contribution in [-0.4, -0.2) is 66.2 Å². The molecule has 1 aliphatic rings. The predicted molar refractivity (Wildman–Crippen MR) is 103 cm³/mol. The van der Waals surface area contributed by atoms with Gasteiger partial charge in [0.1, 0.15) is 5.82 Å². The number of nitrogens with zero attached hydrogens (tertiary/aromatic N) is 4. The number of rotatable bonds is 6. The maximum atomic E-state index is 4.76. The summed E-state index contributed by atoms with van der Waals surface area (Å²) in [5.74, 6) is 1.53. The Kier molecular flexibility index (Phi) is 5.65. The molecule has 7 heteroatoms. The number of hydrogen-bond donors (Lipinski definition) is 3. The number of aromatic nitrogens is 3. The van der Waals surface area contributed by atoms with Crippen molar-refractivity contribution < 1.29 is 0 Å². The molecule has 0 radical (unpaired) electrons. The number of hydrogen-bond acceptors (Lipinski definition) is 7. The quantitative estimate of drug-likeness (QED) is 0.690. The van der Waals surface area contributed by atoms with Crippen LogP contribution in [-0.2, 0) is 0 Å². The van der Waals surface area contributed by atoms with Crippen molar-refractivity contribution in [2.75, 3.05) is 50.9 Å². The van der Waals surface area contributed by atoms with Crippen LogP contribution in [0, 0.1) is 13.8 Å². The predicted octanol–water partition coefficient (Wildman–Crippen LogP) is 1.78. The molecule has 2 aromatic rings. The zero-order valence-corrected chi connectivity index (χ0v) is 15.7. The lowest BCUT2D eigenvalue weighted by molar-refractivity contribution is 0.263. The van der Waals surface area contributed by atoms with Gasteiger partial charge in [-0.3, -0.25) is 0 Å². The Morgan fingerprint density at radius 2 is 1.88 bits per heavy atom. The molecule has 0 saturated carbocycles. The van der Waals surface area contributed by atoms with Gasteiger partial charge in [-0.05, 0) is 65.5 Å². The molecule has 1 fully saturated rings. The molecule has 0 amide bonds. The Morgan fingerprint density at radius 1 is 1.12 bits per heavy atom. The first-order chi connectivity index (χ1) is 12.1. The van der Waals surface area contributed by atoms with Gasteiger partial charge in [0.2, 0.25) is 5.95 Å². The molecule has 136 valence electrons. The number of nitrogens with one attached hydrogen (secondary N) is 3. The number of likely N-dealkylation sites (tertiary alicyclic amines) is 1. The van der Waals surface area contributed by atoms with Crippen LogP contribution in [0.4, 0.5) is 11.8 Å². The second-order valence-electron chi connectivity index (χ2n) is 6.93. The molecule has 3 rings (SSSR count). The molecular weight excluding hydrogens is 314 g/mol. The average molecular weight is 343 g/mol. The molecule has 0 aliphatic carbocycles. The topological polar surface area (TPSA) is 78.0 Å². The SMILES string of the molecule is CNCCNc1nc(NC2CCN(C)CC2)nc2nc(C)cc(C)c12. The molecule has 1 saturated heterocycles. The molecule has 25 heavy (non-hydrogen) atoms. The van der Waals surface area contributed by atoms with Crippen molar-refractivity contribution >= 4 is 22.8 Å². The van der Waals surface area contributed by atoms with Crippen molar-refractivity contribution in [3.8, 4) is 0 Å². The van der Waals surface area contributed by atoms with E-state index in [4.69, 9.17) is 9.97 Å². The molecule has 0 unspecified atom stereocenters. The summed E-state index contributed by atoms with van der Waals surface area (Å²) in [5.41, 5.74) is 2.89. The lowest BCUT2D eigenvalue weighted by Gasteiger charge is -2.29. The van der Waals surface area contributed by atoms with Crippen molar-refractivity contribution in [2.24, 2.45) is 0 Å². The van der Waals surface area contributed by atoms with Crippen molar-refractivity contribution in [3.05, 3.63) is 17.3 Å². The van der Waals surface area contributed by atoms with E-state index in [-0.39, 0.29) is 0 Å². The summed E-state index contributed by atoms with van der Waals surface area (Å²) in [6.07, 6.45) is 2.22. The fraction of sp³-hybridized carbons (Fsp3) is 0.611. The first kappa shape index (κ1) is 17.8. The van der Waals surface area contributed by atoms with E-state index in [0.29, 0.717) is 12.0 Å². The van der Waals surface area contributed by atoms with E-state index in [9.17, 15) is 0 Å².